The molecule has 8 rings (SSSR count). The van der Waals surface area contributed by atoms with Gasteiger partial charge in [-0.25, -0.2) is 0 Å². The summed E-state index contributed by atoms with van der Waals surface area (Å²) in [4.78, 5) is 3.71. The molecule has 0 aliphatic rings. The number of hydrogen-bond donors (Lipinski definition) is 1. The fourth-order valence-corrected chi connectivity index (χ4v) is 7.06. The summed E-state index contributed by atoms with van der Waals surface area (Å²) >= 11 is 1.89. The van der Waals surface area contributed by atoms with E-state index in [-0.39, 0.29) is 0 Å². The predicted octanol–water partition coefficient (Wildman–Crippen LogP) is 11.7. The number of aromatic nitrogens is 1. The van der Waals surface area contributed by atoms with Crippen LogP contribution in [0.25, 0.3) is 75.4 Å². The van der Waals surface area contributed by atoms with Gasteiger partial charge in [0.15, 0.2) is 0 Å². The molecule has 2 heteroatoms. The van der Waals surface area contributed by atoms with Gasteiger partial charge in [0, 0.05) is 42.0 Å². The van der Waals surface area contributed by atoms with Gasteiger partial charge in [-0.15, -0.1) is 11.3 Å². The van der Waals surface area contributed by atoms with Crippen LogP contribution < -0.4 is 0 Å². The smallest absolute Gasteiger partial charge is 0.0544 e. The molecule has 0 saturated carbocycles. The summed E-state index contributed by atoms with van der Waals surface area (Å²) in [6, 6.07) is 48.4. The number of benzene rings is 6. The standard InChI is InChI=1S/C36H23NS.C2H6/c1-2-10-23(11-3-1)24-20-25(27-14-8-16-31-29-12-4-6-18-33(29)37-35(27)31)22-26(21-24)28-15-9-17-32-30-13-5-7-19-34(30)38-36(28)32;1-2/h1-22,37H;1-2H3. The molecule has 1 N–H and O–H groups in total. The summed E-state index contributed by atoms with van der Waals surface area (Å²) in [5, 5.41) is 5.18. The van der Waals surface area contributed by atoms with Gasteiger partial charge in [0.05, 0.1) is 5.52 Å². The van der Waals surface area contributed by atoms with E-state index >= 15 is 0 Å². The molecule has 0 unspecified atom stereocenters. The van der Waals surface area contributed by atoms with Crippen LogP contribution in [-0.4, -0.2) is 4.98 Å². The molecule has 6 aromatic carbocycles. The van der Waals surface area contributed by atoms with E-state index in [1.54, 1.807) is 0 Å². The van der Waals surface area contributed by atoms with Gasteiger partial charge < -0.3 is 4.98 Å². The number of thiophene rings is 1. The lowest BCUT2D eigenvalue weighted by Crippen LogP contribution is -1.87. The third-order valence-electron chi connectivity index (χ3n) is 7.61. The van der Waals surface area contributed by atoms with Gasteiger partial charge in [0.2, 0.25) is 0 Å². The molecule has 0 saturated heterocycles. The van der Waals surface area contributed by atoms with Crippen molar-refractivity contribution in [2.45, 2.75) is 13.8 Å². The lowest BCUT2D eigenvalue weighted by Gasteiger charge is -2.13. The van der Waals surface area contributed by atoms with Gasteiger partial charge in [0.1, 0.15) is 0 Å². The average molecular weight is 532 g/mol. The number of hydrogen-bond acceptors (Lipinski definition) is 1. The summed E-state index contributed by atoms with van der Waals surface area (Å²) in [6.07, 6.45) is 0. The SMILES string of the molecule is CC.c1ccc(-c2cc(-c3cccc4c3[nH]c3ccccc34)cc(-c3cccc4c3sc3ccccc34)c2)cc1. The van der Waals surface area contributed by atoms with Crippen molar-refractivity contribution in [3.63, 3.8) is 0 Å². The minimum Gasteiger partial charge on any atom is -0.354 e. The molecule has 0 amide bonds. The quantitative estimate of drug-likeness (QED) is 0.233. The Hall–Kier alpha value is -4.66. The largest absolute Gasteiger partial charge is 0.354 e. The zero-order valence-electron chi connectivity index (χ0n) is 22.6. The highest BCUT2D eigenvalue weighted by Gasteiger charge is 2.15. The van der Waals surface area contributed by atoms with Gasteiger partial charge in [-0.05, 0) is 58.1 Å². The summed E-state index contributed by atoms with van der Waals surface area (Å²) < 4.78 is 2.67. The second-order valence-corrected chi connectivity index (χ2v) is 10.9. The molecule has 0 atom stereocenters. The highest BCUT2D eigenvalue weighted by molar-refractivity contribution is 7.26. The van der Waals surface area contributed by atoms with E-state index in [9.17, 15) is 0 Å². The second kappa shape index (κ2) is 10.1. The average Bonchev–Trinajstić information content (AvgIpc) is 3.61. The maximum atomic E-state index is 3.71. The number of nitrogens with one attached hydrogen (secondary N) is 1. The van der Waals surface area contributed by atoms with Crippen molar-refractivity contribution in [2.75, 3.05) is 0 Å². The summed E-state index contributed by atoms with van der Waals surface area (Å²) in [5.74, 6) is 0. The van der Waals surface area contributed by atoms with Crippen LogP contribution in [0.15, 0.2) is 133 Å². The van der Waals surface area contributed by atoms with E-state index in [2.05, 4.69) is 138 Å². The van der Waals surface area contributed by atoms with Crippen LogP contribution >= 0.6 is 11.3 Å². The molecule has 0 aliphatic heterocycles. The third-order valence-corrected chi connectivity index (χ3v) is 8.83. The summed E-state index contributed by atoms with van der Waals surface area (Å²) in [5.41, 5.74) is 9.78. The molecular weight excluding hydrogens is 502 g/mol. The molecule has 0 fully saturated rings. The van der Waals surface area contributed by atoms with Gasteiger partial charge in [0.25, 0.3) is 0 Å². The third kappa shape index (κ3) is 4.00. The van der Waals surface area contributed by atoms with Crippen LogP contribution in [0.3, 0.4) is 0 Å². The van der Waals surface area contributed by atoms with Crippen molar-refractivity contribution >= 4 is 53.3 Å². The minimum absolute atomic E-state index is 1.17. The predicted molar refractivity (Wildman–Crippen MR) is 176 cm³/mol. The lowest BCUT2D eigenvalue weighted by atomic mass is 9.92. The number of para-hydroxylation sites is 2. The van der Waals surface area contributed by atoms with Crippen molar-refractivity contribution in [1.82, 2.24) is 4.98 Å². The van der Waals surface area contributed by atoms with E-state index in [1.165, 1.54) is 75.4 Å². The van der Waals surface area contributed by atoms with Crippen LogP contribution in [0.2, 0.25) is 0 Å². The van der Waals surface area contributed by atoms with Crippen molar-refractivity contribution < 1.29 is 0 Å². The van der Waals surface area contributed by atoms with E-state index in [1.807, 2.05) is 25.2 Å². The van der Waals surface area contributed by atoms with E-state index in [0.717, 1.165) is 0 Å². The van der Waals surface area contributed by atoms with E-state index in [4.69, 9.17) is 0 Å². The number of H-pyrrole nitrogens is 1. The Bertz CT molecular complexity index is 2000. The molecule has 2 aromatic heterocycles. The molecule has 0 aliphatic carbocycles. The first-order valence-electron chi connectivity index (χ1n) is 13.9. The molecule has 0 radical (unpaired) electrons. The summed E-state index contributed by atoms with van der Waals surface area (Å²) in [6.45, 7) is 4.00. The highest BCUT2D eigenvalue weighted by Crippen LogP contribution is 2.43. The van der Waals surface area contributed by atoms with Crippen molar-refractivity contribution in [1.29, 1.82) is 0 Å². The van der Waals surface area contributed by atoms with Crippen molar-refractivity contribution in [2.24, 2.45) is 0 Å². The summed E-state index contributed by atoms with van der Waals surface area (Å²) in [7, 11) is 0. The Morgan fingerprint density at radius 2 is 1.05 bits per heavy atom. The molecular formula is C38H29NS. The molecule has 8 aromatic rings. The van der Waals surface area contributed by atoms with Crippen LogP contribution in [0.4, 0.5) is 0 Å². The fraction of sp³-hybridized carbons (Fsp3) is 0.0526. The maximum absolute atomic E-state index is 3.71. The van der Waals surface area contributed by atoms with Gasteiger partial charge >= 0.3 is 0 Å². The zero-order chi connectivity index (χ0) is 27.1. The fourth-order valence-electron chi connectivity index (χ4n) is 5.82. The number of fused-ring (bicyclic) bond motifs is 6. The normalized spacial score (nSPS) is 11.2. The number of aromatic amines is 1. The van der Waals surface area contributed by atoms with Crippen LogP contribution in [0.1, 0.15) is 13.8 Å². The Morgan fingerprint density at radius 1 is 0.450 bits per heavy atom. The molecule has 1 nitrogen and oxygen atoms in total. The van der Waals surface area contributed by atoms with Crippen LogP contribution in [0, 0.1) is 0 Å². The first kappa shape index (κ1) is 24.4. The molecule has 192 valence electrons. The second-order valence-electron chi connectivity index (χ2n) is 9.84. The van der Waals surface area contributed by atoms with E-state index < -0.39 is 0 Å². The Morgan fingerprint density at radius 3 is 1.88 bits per heavy atom. The molecule has 40 heavy (non-hydrogen) atoms. The highest BCUT2D eigenvalue weighted by atomic mass is 32.1. The Balaban J connectivity index is 0.00000130. The topological polar surface area (TPSA) is 15.8 Å². The molecule has 0 bridgehead atoms. The molecule has 2 heterocycles. The zero-order valence-corrected chi connectivity index (χ0v) is 23.4. The van der Waals surface area contributed by atoms with Gasteiger partial charge in [-0.3, -0.25) is 0 Å². The Labute approximate surface area is 238 Å². The first-order chi connectivity index (χ1) is 19.8. The van der Waals surface area contributed by atoms with E-state index in [0.29, 0.717) is 0 Å². The number of rotatable bonds is 3. The lowest BCUT2D eigenvalue weighted by molar-refractivity contribution is 1.50. The maximum Gasteiger partial charge on any atom is 0.0544 e. The molecule has 0 spiro atoms. The Kier molecular flexibility index (Phi) is 6.18. The van der Waals surface area contributed by atoms with Gasteiger partial charge in [-0.2, -0.15) is 0 Å². The monoisotopic (exact) mass is 531 g/mol. The first-order valence-corrected chi connectivity index (χ1v) is 14.8. The van der Waals surface area contributed by atoms with Crippen LogP contribution in [-0.2, 0) is 0 Å². The van der Waals surface area contributed by atoms with Crippen molar-refractivity contribution in [3.8, 4) is 33.4 Å². The minimum atomic E-state index is 1.17. The van der Waals surface area contributed by atoms with Crippen molar-refractivity contribution in [3.05, 3.63) is 133 Å². The van der Waals surface area contributed by atoms with Gasteiger partial charge in [-0.1, -0.05) is 117 Å². The van der Waals surface area contributed by atoms with Crippen LogP contribution in [0.5, 0.6) is 0 Å².